The molecule has 82 valence electrons. The first-order chi connectivity index (χ1) is 7.68. The lowest BCUT2D eigenvalue weighted by atomic mass is 9.87. The maximum Gasteiger partial charge on any atom is 0.307 e. The Kier molecular flexibility index (Phi) is 2.86. The molecule has 3 heteroatoms. The fourth-order valence-electron chi connectivity index (χ4n) is 1.78. The van der Waals surface area contributed by atoms with Gasteiger partial charge in [-0.05, 0) is 18.4 Å². The van der Waals surface area contributed by atoms with Gasteiger partial charge in [-0.3, -0.25) is 9.59 Å². The topological polar surface area (TPSA) is 43.4 Å². The van der Waals surface area contributed by atoms with Gasteiger partial charge in [0, 0.05) is 18.1 Å². The number of Topliss-reactive ketones (excluding diaryl/α,β-unsaturated/α-hetero) is 1. The Morgan fingerprint density at radius 1 is 1.31 bits per heavy atom. The molecule has 0 fully saturated rings. The van der Waals surface area contributed by atoms with Crippen molar-refractivity contribution in [3.63, 3.8) is 0 Å². The lowest BCUT2D eigenvalue weighted by Gasteiger charge is -2.16. The van der Waals surface area contributed by atoms with Crippen molar-refractivity contribution in [3.05, 3.63) is 47.2 Å². The lowest BCUT2D eigenvalue weighted by Crippen LogP contribution is -2.14. The summed E-state index contributed by atoms with van der Waals surface area (Å²) in [5.41, 5.74) is 2.34. The van der Waals surface area contributed by atoms with Crippen LogP contribution in [0.3, 0.4) is 0 Å². The molecular weight excluding hydrogens is 204 g/mol. The van der Waals surface area contributed by atoms with Crippen molar-refractivity contribution < 1.29 is 14.3 Å². The first kappa shape index (κ1) is 10.6. The van der Waals surface area contributed by atoms with Crippen molar-refractivity contribution in [2.45, 2.75) is 19.8 Å². The summed E-state index contributed by atoms with van der Waals surface area (Å²) in [5, 5.41) is 0. The zero-order chi connectivity index (χ0) is 11.5. The minimum atomic E-state index is -0.404. The molecule has 1 aliphatic carbocycles. The highest BCUT2D eigenvalue weighted by Crippen LogP contribution is 2.24. The Hall–Kier alpha value is -1.90. The first-order valence-electron chi connectivity index (χ1n) is 5.17. The molecule has 3 nitrogen and oxygen atoms in total. The SMILES string of the molecule is CC(=O)O/C=C1/CCc2ccccc2C1=O. The molecule has 0 saturated carbocycles. The molecule has 0 aromatic heterocycles. The second kappa shape index (κ2) is 4.31. The molecule has 0 N–H and O–H groups in total. The zero-order valence-corrected chi connectivity index (χ0v) is 9.03. The second-order valence-electron chi connectivity index (χ2n) is 3.74. The summed E-state index contributed by atoms with van der Waals surface area (Å²) in [7, 11) is 0. The smallest absolute Gasteiger partial charge is 0.307 e. The molecule has 0 bridgehead atoms. The van der Waals surface area contributed by atoms with Crippen LogP contribution in [0.1, 0.15) is 29.3 Å². The van der Waals surface area contributed by atoms with Gasteiger partial charge in [0.05, 0.1) is 0 Å². The van der Waals surface area contributed by atoms with Gasteiger partial charge in [0.25, 0.3) is 0 Å². The Bertz CT molecular complexity index is 472. The van der Waals surface area contributed by atoms with E-state index in [2.05, 4.69) is 0 Å². The highest BCUT2D eigenvalue weighted by molar-refractivity contribution is 6.10. The molecule has 2 rings (SSSR count). The molecule has 0 spiro atoms. The summed E-state index contributed by atoms with van der Waals surface area (Å²) < 4.78 is 4.74. The molecule has 1 aliphatic rings. The standard InChI is InChI=1S/C13H12O3/c1-9(14)16-8-11-7-6-10-4-2-3-5-12(10)13(11)15/h2-5,8H,6-7H2,1H3/b11-8-. The maximum absolute atomic E-state index is 12.0. The molecule has 0 heterocycles. The van der Waals surface area contributed by atoms with E-state index in [4.69, 9.17) is 4.74 Å². The van der Waals surface area contributed by atoms with Crippen molar-refractivity contribution in [3.8, 4) is 0 Å². The maximum atomic E-state index is 12.0. The average molecular weight is 216 g/mol. The highest BCUT2D eigenvalue weighted by atomic mass is 16.5. The largest absolute Gasteiger partial charge is 0.434 e. The fraction of sp³-hybridized carbons (Fsp3) is 0.231. The number of aryl methyl sites for hydroxylation is 1. The number of esters is 1. The van der Waals surface area contributed by atoms with Gasteiger partial charge >= 0.3 is 5.97 Å². The van der Waals surface area contributed by atoms with Crippen LogP contribution in [0, 0.1) is 0 Å². The molecule has 0 unspecified atom stereocenters. The van der Waals surface area contributed by atoms with Crippen LogP contribution in [0.5, 0.6) is 0 Å². The van der Waals surface area contributed by atoms with E-state index in [9.17, 15) is 9.59 Å². The lowest BCUT2D eigenvalue weighted by molar-refractivity contribution is -0.135. The molecular formula is C13H12O3. The van der Waals surface area contributed by atoms with Gasteiger partial charge in [-0.2, -0.15) is 0 Å². The van der Waals surface area contributed by atoms with Gasteiger partial charge in [0.2, 0.25) is 0 Å². The Morgan fingerprint density at radius 3 is 2.81 bits per heavy atom. The summed E-state index contributed by atoms with van der Waals surface area (Å²) in [6.45, 7) is 1.32. The summed E-state index contributed by atoms with van der Waals surface area (Å²) in [5.74, 6) is -0.442. The minimum Gasteiger partial charge on any atom is -0.434 e. The van der Waals surface area contributed by atoms with Crippen LogP contribution in [0.4, 0.5) is 0 Å². The van der Waals surface area contributed by atoms with E-state index in [0.717, 1.165) is 12.0 Å². The van der Waals surface area contributed by atoms with Crippen LogP contribution in [0.2, 0.25) is 0 Å². The van der Waals surface area contributed by atoms with Crippen molar-refractivity contribution in [1.29, 1.82) is 0 Å². The number of hydrogen-bond acceptors (Lipinski definition) is 3. The van der Waals surface area contributed by atoms with E-state index in [1.165, 1.54) is 13.2 Å². The van der Waals surface area contributed by atoms with E-state index in [0.29, 0.717) is 17.6 Å². The number of allylic oxidation sites excluding steroid dienone is 1. The van der Waals surface area contributed by atoms with Crippen LogP contribution >= 0.6 is 0 Å². The molecule has 0 amide bonds. The van der Waals surface area contributed by atoms with Gasteiger partial charge in [-0.25, -0.2) is 0 Å². The summed E-state index contributed by atoms with van der Waals surface area (Å²) in [6.07, 6.45) is 2.72. The Balaban J connectivity index is 2.28. The molecule has 0 saturated heterocycles. The molecule has 16 heavy (non-hydrogen) atoms. The van der Waals surface area contributed by atoms with Crippen molar-refractivity contribution >= 4 is 11.8 Å². The quantitative estimate of drug-likeness (QED) is 0.411. The van der Waals surface area contributed by atoms with E-state index >= 15 is 0 Å². The molecule has 1 aromatic rings. The van der Waals surface area contributed by atoms with Gasteiger partial charge in [0.15, 0.2) is 5.78 Å². The Morgan fingerprint density at radius 2 is 2.06 bits per heavy atom. The summed E-state index contributed by atoms with van der Waals surface area (Å²) >= 11 is 0. The number of ether oxygens (including phenoxy) is 1. The van der Waals surface area contributed by atoms with Gasteiger partial charge in [-0.1, -0.05) is 24.3 Å². The fourth-order valence-corrected chi connectivity index (χ4v) is 1.78. The highest BCUT2D eigenvalue weighted by Gasteiger charge is 2.21. The normalized spacial score (nSPS) is 17.1. The molecule has 0 radical (unpaired) electrons. The minimum absolute atomic E-state index is 0.0388. The van der Waals surface area contributed by atoms with Crippen LogP contribution in [-0.2, 0) is 16.0 Å². The predicted molar refractivity (Wildman–Crippen MR) is 58.9 cm³/mol. The number of ketones is 1. The van der Waals surface area contributed by atoms with Gasteiger partial charge in [0.1, 0.15) is 6.26 Å². The number of carbonyl (C=O) groups excluding carboxylic acids is 2. The Labute approximate surface area is 93.7 Å². The van der Waals surface area contributed by atoms with E-state index in [-0.39, 0.29) is 5.78 Å². The van der Waals surface area contributed by atoms with E-state index in [1.807, 2.05) is 18.2 Å². The number of hydrogen-bond donors (Lipinski definition) is 0. The number of fused-ring (bicyclic) bond motifs is 1. The second-order valence-corrected chi connectivity index (χ2v) is 3.74. The molecule has 0 aliphatic heterocycles. The summed E-state index contributed by atoms with van der Waals surface area (Å²) in [6, 6.07) is 7.52. The van der Waals surface area contributed by atoms with Crippen molar-refractivity contribution in [1.82, 2.24) is 0 Å². The van der Waals surface area contributed by atoms with Gasteiger partial charge < -0.3 is 4.74 Å². The number of benzene rings is 1. The first-order valence-corrected chi connectivity index (χ1v) is 5.17. The van der Waals surface area contributed by atoms with Crippen LogP contribution in [0.25, 0.3) is 0 Å². The monoisotopic (exact) mass is 216 g/mol. The predicted octanol–water partition coefficient (Wildman–Crippen LogP) is 2.26. The van der Waals surface area contributed by atoms with Crippen LogP contribution in [-0.4, -0.2) is 11.8 Å². The number of rotatable bonds is 1. The van der Waals surface area contributed by atoms with Crippen molar-refractivity contribution in [2.75, 3.05) is 0 Å². The third-order valence-electron chi connectivity index (χ3n) is 2.58. The van der Waals surface area contributed by atoms with E-state index < -0.39 is 5.97 Å². The van der Waals surface area contributed by atoms with Gasteiger partial charge in [-0.15, -0.1) is 0 Å². The third-order valence-corrected chi connectivity index (χ3v) is 2.58. The molecule has 1 aromatic carbocycles. The zero-order valence-electron chi connectivity index (χ0n) is 9.03. The van der Waals surface area contributed by atoms with Crippen LogP contribution in [0.15, 0.2) is 36.1 Å². The third kappa shape index (κ3) is 2.03. The van der Waals surface area contributed by atoms with Crippen LogP contribution < -0.4 is 0 Å². The average Bonchev–Trinajstić information content (AvgIpc) is 2.28. The summed E-state index contributed by atoms with van der Waals surface area (Å²) in [4.78, 5) is 22.6. The molecule has 0 atom stereocenters. The number of carbonyl (C=O) groups is 2. The van der Waals surface area contributed by atoms with Crippen molar-refractivity contribution in [2.24, 2.45) is 0 Å². The van der Waals surface area contributed by atoms with E-state index in [1.54, 1.807) is 6.07 Å².